The molecule has 1 amide bonds. The van der Waals surface area contributed by atoms with E-state index in [1.807, 2.05) is 6.07 Å². The zero-order valence-corrected chi connectivity index (χ0v) is 10.8. The summed E-state index contributed by atoms with van der Waals surface area (Å²) in [5.74, 6) is -0.716. The number of amides is 1. The van der Waals surface area contributed by atoms with Crippen LogP contribution >= 0.6 is 0 Å². The molecule has 2 aromatic rings. The van der Waals surface area contributed by atoms with E-state index in [0.717, 1.165) is 0 Å². The van der Waals surface area contributed by atoms with Gasteiger partial charge in [0, 0.05) is 11.3 Å². The molecule has 0 saturated carbocycles. The van der Waals surface area contributed by atoms with Crippen LogP contribution in [0.25, 0.3) is 0 Å². The maximum atomic E-state index is 11.5. The molecule has 2 rings (SSSR count). The highest BCUT2D eigenvalue weighted by Gasteiger charge is 2.23. The lowest BCUT2D eigenvalue weighted by Crippen LogP contribution is -2.15. The number of hydrogen-bond acceptors (Lipinski definition) is 4. The number of carbonyl (C=O) groups is 1. The van der Waals surface area contributed by atoms with Gasteiger partial charge < -0.3 is 11.1 Å². The largest absolute Gasteiger partial charge is 0.366 e. The fourth-order valence-corrected chi connectivity index (χ4v) is 1.93. The van der Waals surface area contributed by atoms with Gasteiger partial charge in [0.2, 0.25) is 0 Å². The second-order valence-electron chi connectivity index (χ2n) is 4.27. The highest BCUT2D eigenvalue weighted by atomic mass is 16.6. The molecule has 0 radical (unpaired) electrons. The highest BCUT2D eigenvalue weighted by molar-refractivity contribution is 6.02. The summed E-state index contributed by atoms with van der Waals surface area (Å²) in [6.45, 7) is 1.61. The average molecular weight is 271 g/mol. The molecule has 6 heteroatoms. The van der Waals surface area contributed by atoms with E-state index in [1.54, 1.807) is 31.2 Å². The minimum Gasteiger partial charge on any atom is -0.366 e. The van der Waals surface area contributed by atoms with Crippen molar-refractivity contribution in [3.63, 3.8) is 0 Å². The number of primary amides is 1. The van der Waals surface area contributed by atoms with Gasteiger partial charge in [-0.25, -0.2) is 0 Å². The zero-order chi connectivity index (χ0) is 14.7. The van der Waals surface area contributed by atoms with E-state index >= 15 is 0 Å². The number of anilines is 2. The number of nitrogens with two attached hydrogens (primary N) is 1. The lowest BCUT2D eigenvalue weighted by molar-refractivity contribution is -0.384. The first-order valence-corrected chi connectivity index (χ1v) is 5.90. The van der Waals surface area contributed by atoms with Gasteiger partial charge in [0.1, 0.15) is 5.69 Å². The molecule has 0 aliphatic carbocycles. The SMILES string of the molecule is Cc1ccc(C(N)=O)c(Nc2ccccc2)c1[N+](=O)[O-]. The molecule has 3 N–H and O–H groups in total. The molecule has 0 fully saturated rings. The molecular formula is C14H13N3O3. The van der Waals surface area contributed by atoms with Crippen LogP contribution in [0.4, 0.5) is 17.1 Å². The summed E-state index contributed by atoms with van der Waals surface area (Å²) in [6, 6.07) is 11.9. The van der Waals surface area contributed by atoms with Crippen molar-refractivity contribution < 1.29 is 9.72 Å². The van der Waals surface area contributed by atoms with Crippen LogP contribution in [0.3, 0.4) is 0 Å². The number of nitro benzene ring substituents is 1. The van der Waals surface area contributed by atoms with Crippen LogP contribution in [0.2, 0.25) is 0 Å². The van der Waals surface area contributed by atoms with Crippen molar-refractivity contribution in [1.29, 1.82) is 0 Å². The number of nitrogens with one attached hydrogen (secondary N) is 1. The van der Waals surface area contributed by atoms with Crippen molar-refractivity contribution in [1.82, 2.24) is 0 Å². The third kappa shape index (κ3) is 2.59. The number of para-hydroxylation sites is 1. The Labute approximate surface area is 115 Å². The van der Waals surface area contributed by atoms with E-state index in [2.05, 4.69) is 5.32 Å². The Morgan fingerprint density at radius 3 is 2.40 bits per heavy atom. The summed E-state index contributed by atoms with van der Waals surface area (Å²) in [7, 11) is 0. The second-order valence-corrected chi connectivity index (χ2v) is 4.27. The Morgan fingerprint density at radius 2 is 1.85 bits per heavy atom. The van der Waals surface area contributed by atoms with Gasteiger partial charge in [-0.2, -0.15) is 0 Å². The molecule has 0 atom stereocenters. The van der Waals surface area contributed by atoms with E-state index in [4.69, 9.17) is 5.73 Å². The molecule has 0 aliphatic rings. The Kier molecular flexibility index (Phi) is 3.65. The summed E-state index contributed by atoms with van der Waals surface area (Å²) in [5, 5.41) is 14.1. The molecule has 0 aromatic heterocycles. The number of aryl methyl sites for hydroxylation is 1. The summed E-state index contributed by atoms with van der Waals surface area (Å²) < 4.78 is 0. The third-order valence-corrected chi connectivity index (χ3v) is 2.87. The first-order chi connectivity index (χ1) is 9.50. The number of benzene rings is 2. The summed E-state index contributed by atoms with van der Waals surface area (Å²) >= 11 is 0. The monoisotopic (exact) mass is 271 g/mol. The standard InChI is InChI=1S/C14H13N3O3/c1-9-7-8-11(14(15)18)12(13(9)17(19)20)16-10-5-3-2-4-6-10/h2-8,16H,1H3,(H2,15,18). The fourth-order valence-electron chi connectivity index (χ4n) is 1.93. The predicted molar refractivity (Wildman–Crippen MR) is 76.1 cm³/mol. The maximum absolute atomic E-state index is 11.5. The number of hydrogen-bond donors (Lipinski definition) is 2. The molecule has 102 valence electrons. The average Bonchev–Trinajstić information content (AvgIpc) is 2.39. The number of nitrogens with zero attached hydrogens (tertiary/aromatic N) is 1. The topological polar surface area (TPSA) is 98.3 Å². The minimum absolute atomic E-state index is 0.0890. The minimum atomic E-state index is -0.716. The van der Waals surface area contributed by atoms with Crippen molar-refractivity contribution in [3.8, 4) is 0 Å². The predicted octanol–water partition coefficient (Wildman–Crippen LogP) is 2.75. The van der Waals surface area contributed by atoms with Crippen molar-refractivity contribution >= 4 is 23.0 Å². The summed E-state index contributed by atoms with van der Waals surface area (Å²) in [6.07, 6.45) is 0. The Hall–Kier alpha value is -2.89. The van der Waals surface area contributed by atoms with Crippen LogP contribution in [-0.4, -0.2) is 10.8 Å². The quantitative estimate of drug-likeness (QED) is 0.659. The van der Waals surface area contributed by atoms with E-state index in [0.29, 0.717) is 11.3 Å². The Morgan fingerprint density at radius 1 is 1.20 bits per heavy atom. The maximum Gasteiger partial charge on any atom is 0.296 e. The molecular weight excluding hydrogens is 258 g/mol. The molecule has 0 heterocycles. The molecule has 2 aromatic carbocycles. The van der Waals surface area contributed by atoms with Gasteiger partial charge >= 0.3 is 0 Å². The summed E-state index contributed by atoms with van der Waals surface area (Å²) in [5.41, 5.74) is 6.45. The first-order valence-electron chi connectivity index (χ1n) is 5.90. The third-order valence-electron chi connectivity index (χ3n) is 2.87. The number of nitro groups is 1. The van der Waals surface area contributed by atoms with Crippen LogP contribution in [-0.2, 0) is 0 Å². The van der Waals surface area contributed by atoms with E-state index in [-0.39, 0.29) is 16.9 Å². The number of rotatable bonds is 4. The molecule has 0 saturated heterocycles. The van der Waals surface area contributed by atoms with Crippen molar-refractivity contribution in [3.05, 3.63) is 63.7 Å². The highest BCUT2D eigenvalue weighted by Crippen LogP contribution is 2.34. The molecule has 6 nitrogen and oxygen atoms in total. The van der Waals surface area contributed by atoms with Gasteiger partial charge in [-0.1, -0.05) is 24.3 Å². The van der Waals surface area contributed by atoms with Crippen LogP contribution in [0, 0.1) is 17.0 Å². The van der Waals surface area contributed by atoms with Crippen molar-refractivity contribution in [2.24, 2.45) is 5.73 Å². The van der Waals surface area contributed by atoms with Gasteiger partial charge in [-0.15, -0.1) is 0 Å². The second kappa shape index (κ2) is 5.40. The van der Waals surface area contributed by atoms with Crippen molar-refractivity contribution in [2.75, 3.05) is 5.32 Å². The van der Waals surface area contributed by atoms with E-state index < -0.39 is 10.8 Å². The zero-order valence-electron chi connectivity index (χ0n) is 10.8. The molecule has 0 spiro atoms. The molecule has 0 unspecified atom stereocenters. The van der Waals surface area contributed by atoms with Crippen LogP contribution in [0.1, 0.15) is 15.9 Å². The molecule has 0 bridgehead atoms. The summed E-state index contributed by atoms with van der Waals surface area (Å²) in [4.78, 5) is 22.2. The molecule has 0 aliphatic heterocycles. The van der Waals surface area contributed by atoms with Crippen molar-refractivity contribution in [2.45, 2.75) is 6.92 Å². The first kappa shape index (κ1) is 13.5. The van der Waals surface area contributed by atoms with Gasteiger partial charge in [0.25, 0.3) is 11.6 Å². The molecule has 20 heavy (non-hydrogen) atoms. The van der Waals surface area contributed by atoms with Crippen LogP contribution in [0.15, 0.2) is 42.5 Å². The fraction of sp³-hybridized carbons (Fsp3) is 0.0714. The van der Waals surface area contributed by atoms with E-state index in [9.17, 15) is 14.9 Å². The van der Waals surface area contributed by atoms with Crippen LogP contribution < -0.4 is 11.1 Å². The lowest BCUT2D eigenvalue weighted by atomic mass is 10.1. The Balaban J connectivity index is 2.61. The lowest BCUT2D eigenvalue weighted by Gasteiger charge is -2.12. The van der Waals surface area contributed by atoms with Gasteiger partial charge in [-0.3, -0.25) is 14.9 Å². The van der Waals surface area contributed by atoms with Gasteiger partial charge in [0.05, 0.1) is 10.5 Å². The van der Waals surface area contributed by atoms with E-state index in [1.165, 1.54) is 12.1 Å². The number of carbonyl (C=O) groups excluding carboxylic acids is 1. The smallest absolute Gasteiger partial charge is 0.296 e. The van der Waals surface area contributed by atoms with Gasteiger partial charge in [0.15, 0.2) is 0 Å². The van der Waals surface area contributed by atoms with Gasteiger partial charge in [-0.05, 0) is 25.1 Å². The Bertz CT molecular complexity index is 669. The normalized spacial score (nSPS) is 10.1. The van der Waals surface area contributed by atoms with Crippen LogP contribution in [0.5, 0.6) is 0 Å².